The molecule has 5 aromatic rings. The number of guanidine groups is 2. The molecule has 0 bridgehead atoms. The normalized spacial score (nSPS) is 15.7. The van der Waals surface area contributed by atoms with E-state index in [1.54, 1.807) is 133 Å². The number of hydrogen-bond acceptors (Lipinski definition) is 23. The number of carboxylic acids is 3. The molecule has 1 aromatic heterocycles. The number of nitrogens with zero attached hydrogens (tertiary/aromatic N) is 2. The first kappa shape index (κ1) is 114. The number of nitrogens with two attached hydrogens (primary N) is 3. The molecule has 1 fully saturated rings. The summed E-state index contributed by atoms with van der Waals surface area (Å²) >= 11 is 0. The molecule has 4 aromatic carbocycles. The van der Waals surface area contributed by atoms with Crippen LogP contribution in [-0.2, 0) is 114 Å². The van der Waals surface area contributed by atoms with Crippen LogP contribution in [0.15, 0.2) is 128 Å². The highest BCUT2D eigenvalue weighted by atomic mass is 16.4. The fraction of sp³-hybridized carbons (Fsp3) is 0.516. The molecule has 1 saturated heterocycles. The minimum Gasteiger partial charge on any atom is -0.508 e. The third-order valence-electron chi connectivity index (χ3n) is 23.2. The molecule has 0 saturated carbocycles. The number of aliphatic carboxylic acids is 3. The highest BCUT2D eigenvalue weighted by Crippen LogP contribution is 2.24. The Morgan fingerprint density at radius 1 is 0.443 bits per heavy atom. The summed E-state index contributed by atoms with van der Waals surface area (Å²) < 4.78 is 0. The predicted octanol–water partition coefficient (Wildman–Crippen LogP) is -1.62. The van der Waals surface area contributed by atoms with Crippen LogP contribution in [0.5, 0.6) is 5.75 Å². The van der Waals surface area contributed by atoms with Gasteiger partial charge in [0.15, 0.2) is 11.9 Å². The molecule has 6 rings (SSSR count). The van der Waals surface area contributed by atoms with Crippen molar-refractivity contribution in [2.24, 2.45) is 40.9 Å². The van der Waals surface area contributed by atoms with Gasteiger partial charge in [0.05, 0.1) is 24.9 Å². The summed E-state index contributed by atoms with van der Waals surface area (Å²) in [5.41, 5.74) is 19.5. The lowest BCUT2D eigenvalue weighted by Gasteiger charge is -2.31. The second-order valence-electron chi connectivity index (χ2n) is 36.1. The number of phenols is 1. The number of hydrogen-bond donors (Lipinski definition) is 26. The Morgan fingerprint density at radius 2 is 0.836 bits per heavy atom. The van der Waals surface area contributed by atoms with Crippen LogP contribution in [0.4, 0.5) is 0 Å². The Labute approximate surface area is 811 Å². The van der Waals surface area contributed by atoms with E-state index in [-0.39, 0.29) is 139 Å². The second kappa shape index (κ2) is 57.5. The van der Waals surface area contributed by atoms with Crippen LogP contribution in [0.2, 0.25) is 0 Å². The standard InChI is InChI=1S/C95H137N23O22/c1-10-54(8)77(90(136)113-70(46-59-32-34-61(120)35-33-59)82(128)105-63(36-37-74(121)122)80(126)111-71(47-60-49-101-50-104-60)85(131)107-65(93(139)140)30-21-39-103-95(99)100)116-87(133)67(42-52(4)5)109-83(129)68(44-57-25-16-12-17-26-57)110-81(127)66(41-51(2)3)108-84(130)69(45-58-27-18-13-19-28-58)112-88(134)73-31-22-40-118(73)92(138)64(29-20-38-102-94(97)98)106-86(132)72(48-75(123)124)114-89(135)76(53(6)7)115-91(137)78(55(9)119)117-79(125)62(96)43-56-23-14-11-15-24-56/h11-19,23-28,32-35,49-55,62-73,76-78,119-120H,10,20-22,29-31,36-48,96H2,1-9H3,(H,101,104)(H,105,128)(H,106,132)(H,107,131)(H,108,130)(H,109,129)(H,110,127)(H,111,126)(H,112,134)(H,113,136)(H,114,135)(H,115,137)(H,116,133)(H,117,125)(H,121,122)(H,123,124)(H,139,140)(H4,97,98,102)(H4,99,100,103). The number of carbonyl (C=O) groups is 17. The maximum absolute atomic E-state index is 15.3. The lowest BCUT2D eigenvalue weighted by Crippen LogP contribution is -2.62. The summed E-state index contributed by atoms with van der Waals surface area (Å²) in [6, 6.07) is 7.88. The topological polar surface area (TPSA) is 729 Å². The molecule has 17 atom stereocenters. The smallest absolute Gasteiger partial charge is 0.326 e. The number of aliphatic hydroxyl groups is 1. The van der Waals surface area contributed by atoms with Gasteiger partial charge >= 0.3 is 17.9 Å². The van der Waals surface area contributed by atoms with Gasteiger partial charge in [-0.1, -0.05) is 165 Å². The van der Waals surface area contributed by atoms with Crippen molar-refractivity contribution in [2.75, 3.05) is 19.6 Å². The number of aromatic amines is 1. The van der Waals surface area contributed by atoms with Gasteiger partial charge in [-0.3, -0.25) is 87.5 Å². The first-order valence-corrected chi connectivity index (χ1v) is 46.7. The number of aliphatic hydroxyl groups excluding tert-OH is 1. The van der Waals surface area contributed by atoms with E-state index < -0.39 is 234 Å². The predicted molar refractivity (Wildman–Crippen MR) is 512 cm³/mol. The van der Waals surface area contributed by atoms with E-state index in [4.69, 9.17) is 28.0 Å². The molecule has 45 heteroatoms. The molecule has 0 aliphatic carbocycles. The minimum atomic E-state index is -1.94. The first-order chi connectivity index (χ1) is 66.3. The zero-order chi connectivity index (χ0) is 104. The van der Waals surface area contributed by atoms with Crippen LogP contribution in [0.25, 0.3) is 0 Å². The second-order valence-corrected chi connectivity index (χ2v) is 36.1. The number of benzene rings is 4. The van der Waals surface area contributed by atoms with Crippen molar-refractivity contribution in [2.45, 2.75) is 268 Å². The average Bonchev–Trinajstić information content (AvgIpc) is 1.38. The summed E-state index contributed by atoms with van der Waals surface area (Å²) in [4.78, 5) is 251. The summed E-state index contributed by atoms with van der Waals surface area (Å²) in [7, 11) is 0. The molecular weight excluding hydrogens is 1820 g/mol. The van der Waals surface area contributed by atoms with Crippen molar-refractivity contribution >= 4 is 113 Å². The number of nitrogens with one attached hydrogen (secondary N) is 18. The molecule has 1 aliphatic heterocycles. The van der Waals surface area contributed by atoms with Crippen LogP contribution < -0.4 is 97.0 Å². The maximum atomic E-state index is 15.3. The molecule has 17 unspecified atom stereocenters. The van der Waals surface area contributed by atoms with E-state index in [9.17, 15) is 73.5 Å². The van der Waals surface area contributed by atoms with E-state index in [2.05, 4.69) is 89.7 Å². The highest BCUT2D eigenvalue weighted by Gasteiger charge is 2.44. The molecule has 0 spiro atoms. The molecule has 29 N–H and O–H groups in total. The Morgan fingerprint density at radius 3 is 1.29 bits per heavy atom. The zero-order valence-corrected chi connectivity index (χ0v) is 80.1. The van der Waals surface area contributed by atoms with Crippen molar-refractivity contribution in [3.63, 3.8) is 0 Å². The SMILES string of the molecule is CCC(C)C(NC(=O)C(CC(C)C)NC(=O)C(Cc1ccccc1)NC(=O)C(CC(C)C)NC(=O)C(Cc1ccccc1)NC(=O)C1CCCN1C(=O)C(CCCNC(=N)N)NC(=O)C(CC(=O)O)NC(=O)C(NC(=O)C(NC(=O)C(N)Cc1ccccc1)C(C)O)C(C)C)C(=O)NC(Cc1ccc(O)cc1)C(=O)NC(CCC(=O)O)C(=O)NC(Cc1cnc[nH]1)C(=O)NC(CCCNC(=N)N)C(=O)O. The van der Waals surface area contributed by atoms with Crippen molar-refractivity contribution in [1.82, 2.24) is 94.6 Å². The van der Waals surface area contributed by atoms with Gasteiger partial charge < -0.3 is 132 Å². The van der Waals surface area contributed by atoms with E-state index in [1.807, 2.05) is 0 Å². The third kappa shape index (κ3) is 39.1. The number of carboxylic acid groups (broad SMARTS) is 3. The van der Waals surface area contributed by atoms with Crippen molar-refractivity contribution in [3.8, 4) is 5.75 Å². The van der Waals surface area contributed by atoms with Gasteiger partial charge in [0.2, 0.25) is 82.7 Å². The fourth-order valence-electron chi connectivity index (χ4n) is 15.5. The van der Waals surface area contributed by atoms with E-state index in [0.717, 1.165) is 0 Å². The van der Waals surface area contributed by atoms with Gasteiger partial charge in [0, 0.05) is 63.6 Å². The monoisotopic (exact) mass is 1950 g/mol. The molecule has 764 valence electrons. The summed E-state index contributed by atoms with van der Waals surface area (Å²) in [5, 5.41) is 105. The van der Waals surface area contributed by atoms with Crippen LogP contribution in [-0.4, -0.2) is 269 Å². The quantitative estimate of drug-likeness (QED) is 0.0118. The average molecular weight is 1950 g/mol. The largest absolute Gasteiger partial charge is 0.508 e. The lowest BCUT2D eigenvalue weighted by molar-refractivity contribution is -0.144. The third-order valence-corrected chi connectivity index (χ3v) is 23.2. The van der Waals surface area contributed by atoms with Gasteiger partial charge in [-0.05, 0) is 129 Å². The van der Waals surface area contributed by atoms with E-state index >= 15 is 33.6 Å². The molecule has 45 nitrogen and oxygen atoms in total. The Hall–Kier alpha value is -14.7. The van der Waals surface area contributed by atoms with Crippen LogP contribution in [0.1, 0.15) is 167 Å². The number of amides is 14. The van der Waals surface area contributed by atoms with Gasteiger partial charge in [-0.15, -0.1) is 0 Å². The lowest BCUT2D eigenvalue weighted by atomic mass is 9.95. The van der Waals surface area contributed by atoms with Crippen molar-refractivity contribution in [1.29, 1.82) is 10.8 Å². The molecule has 2 heterocycles. The first-order valence-electron chi connectivity index (χ1n) is 46.7. The number of aromatic nitrogens is 2. The van der Waals surface area contributed by atoms with Crippen LogP contribution in [0, 0.1) is 34.5 Å². The summed E-state index contributed by atoms with van der Waals surface area (Å²) in [6.45, 7) is 14.6. The molecular formula is C95H137N23O22. The number of aromatic hydroxyl groups is 1. The summed E-state index contributed by atoms with van der Waals surface area (Å²) in [5.74, 6) is -21.2. The maximum Gasteiger partial charge on any atom is 0.326 e. The molecule has 14 amide bonds. The Bertz CT molecular complexity index is 5000. The van der Waals surface area contributed by atoms with E-state index in [1.165, 1.54) is 62.5 Å². The number of H-pyrrole nitrogens is 1. The summed E-state index contributed by atoms with van der Waals surface area (Å²) in [6.07, 6.45) is -2.32. The minimum absolute atomic E-state index is 0.00647. The van der Waals surface area contributed by atoms with Gasteiger partial charge in [0.1, 0.15) is 90.3 Å². The van der Waals surface area contributed by atoms with Gasteiger partial charge in [-0.2, -0.15) is 0 Å². The van der Waals surface area contributed by atoms with Crippen molar-refractivity contribution < 1.29 is 107 Å². The Kier molecular flexibility index (Phi) is 46.9. The molecule has 1 aliphatic rings. The highest BCUT2D eigenvalue weighted by molar-refractivity contribution is 6.02. The number of rotatable bonds is 59. The number of likely N-dealkylation sites (tertiary alicyclic amines) is 1. The van der Waals surface area contributed by atoms with Crippen molar-refractivity contribution in [3.05, 3.63) is 156 Å². The fourth-order valence-corrected chi connectivity index (χ4v) is 15.5. The van der Waals surface area contributed by atoms with Gasteiger partial charge in [-0.25, -0.2) is 9.78 Å². The van der Waals surface area contributed by atoms with Crippen LogP contribution >= 0.6 is 0 Å². The Balaban J connectivity index is 1.24. The van der Waals surface area contributed by atoms with Crippen LogP contribution in [0.3, 0.4) is 0 Å². The number of phenolic OH excluding ortho intramolecular Hbond substituents is 1. The zero-order valence-electron chi connectivity index (χ0n) is 80.1. The number of imidazole rings is 1. The van der Waals surface area contributed by atoms with E-state index in [0.29, 0.717) is 22.3 Å². The molecule has 0 radical (unpaired) electrons. The van der Waals surface area contributed by atoms with Gasteiger partial charge in [0.25, 0.3) is 0 Å². The number of carbonyl (C=O) groups excluding carboxylic acids is 14. The molecule has 140 heavy (non-hydrogen) atoms.